The van der Waals surface area contributed by atoms with Gasteiger partial charge in [0.1, 0.15) is 25.6 Å². The van der Waals surface area contributed by atoms with Crippen molar-refractivity contribution in [3.05, 3.63) is 114 Å². The average molecular weight is 643 g/mol. The van der Waals surface area contributed by atoms with Gasteiger partial charge in [0.15, 0.2) is 6.04 Å². The number of aliphatic hydroxyl groups excluding tert-OH is 1. The van der Waals surface area contributed by atoms with Crippen LogP contribution in [0.2, 0.25) is 0 Å². The third kappa shape index (κ3) is 12.4. The Balaban J connectivity index is 1.34. The largest absolute Gasteiger partial charge is 0.489 e. The standard InChI is InChI=1S/C37H42N2O8/c40-23-31(21-27-17-19-32(20-18-27)45-24-28-11-5-3-6-12-28)38-34(41)22-30-15-9-1-2-10-16-35(42)46-26-33(39-36(30)43)37(44)47-25-29-13-7-4-8-14-29/h1,3-9,11-14,17-20,30-31,33,40H,2,10,15-16,21-26H2,(H,38,41)(H,39,43). The lowest BCUT2D eigenvalue weighted by atomic mass is 9.98. The first-order valence-corrected chi connectivity index (χ1v) is 15.9. The first-order chi connectivity index (χ1) is 22.9. The third-order valence-electron chi connectivity index (χ3n) is 7.62. The van der Waals surface area contributed by atoms with Crippen LogP contribution in [0.15, 0.2) is 97.1 Å². The summed E-state index contributed by atoms with van der Waals surface area (Å²) in [6, 6.07) is 24.5. The van der Waals surface area contributed by atoms with Crippen LogP contribution in [-0.2, 0) is 48.3 Å². The van der Waals surface area contributed by atoms with Crippen molar-refractivity contribution in [3.63, 3.8) is 0 Å². The van der Waals surface area contributed by atoms with Crippen molar-refractivity contribution >= 4 is 23.8 Å². The Labute approximate surface area is 275 Å². The van der Waals surface area contributed by atoms with E-state index >= 15 is 0 Å². The fourth-order valence-corrected chi connectivity index (χ4v) is 4.98. The Bertz CT molecular complexity index is 1460. The topological polar surface area (TPSA) is 140 Å². The number of cyclic esters (lactones) is 1. The maximum absolute atomic E-state index is 13.4. The molecule has 3 aromatic rings. The summed E-state index contributed by atoms with van der Waals surface area (Å²) in [7, 11) is 0. The molecule has 0 fully saturated rings. The van der Waals surface area contributed by atoms with Crippen LogP contribution in [0.4, 0.5) is 0 Å². The highest BCUT2D eigenvalue weighted by Crippen LogP contribution is 2.17. The van der Waals surface area contributed by atoms with Crippen LogP contribution in [0, 0.1) is 5.92 Å². The minimum Gasteiger partial charge on any atom is -0.489 e. The Morgan fingerprint density at radius 1 is 0.894 bits per heavy atom. The lowest BCUT2D eigenvalue weighted by Gasteiger charge is -2.22. The summed E-state index contributed by atoms with van der Waals surface area (Å²) in [6.45, 7) is -0.247. The molecule has 3 atom stereocenters. The van der Waals surface area contributed by atoms with Crippen LogP contribution in [0.1, 0.15) is 48.8 Å². The number of hydrogen-bond donors (Lipinski definition) is 3. The van der Waals surface area contributed by atoms with E-state index in [1.165, 1.54) is 0 Å². The van der Waals surface area contributed by atoms with Gasteiger partial charge in [-0.1, -0.05) is 84.9 Å². The summed E-state index contributed by atoms with van der Waals surface area (Å²) < 4.78 is 16.5. The van der Waals surface area contributed by atoms with Crippen molar-refractivity contribution in [1.82, 2.24) is 10.6 Å². The number of aliphatic hydroxyl groups is 1. The van der Waals surface area contributed by atoms with Crippen molar-refractivity contribution < 1.29 is 38.5 Å². The number of benzene rings is 3. The van der Waals surface area contributed by atoms with Gasteiger partial charge in [-0.3, -0.25) is 14.4 Å². The second kappa shape index (κ2) is 18.9. The molecular weight excluding hydrogens is 600 g/mol. The highest BCUT2D eigenvalue weighted by molar-refractivity contribution is 5.89. The van der Waals surface area contributed by atoms with Gasteiger partial charge in [0, 0.05) is 12.8 Å². The van der Waals surface area contributed by atoms with Crippen LogP contribution < -0.4 is 15.4 Å². The lowest BCUT2D eigenvalue weighted by Crippen LogP contribution is -2.48. The molecule has 1 aliphatic heterocycles. The van der Waals surface area contributed by atoms with E-state index in [2.05, 4.69) is 10.6 Å². The lowest BCUT2D eigenvalue weighted by molar-refractivity contribution is -0.155. The quantitative estimate of drug-likeness (QED) is 0.197. The van der Waals surface area contributed by atoms with Crippen LogP contribution in [0.5, 0.6) is 5.75 Å². The molecule has 10 nitrogen and oxygen atoms in total. The Hall–Kier alpha value is -4.96. The fraction of sp³-hybridized carbons (Fsp3) is 0.351. The van der Waals surface area contributed by atoms with E-state index in [-0.39, 0.29) is 39.1 Å². The van der Waals surface area contributed by atoms with Crippen molar-refractivity contribution in [2.75, 3.05) is 13.2 Å². The number of hydrogen-bond acceptors (Lipinski definition) is 8. The van der Waals surface area contributed by atoms with Crippen LogP contribution in [0.25, 0.3) is 0 Å². The normalized spacial score (nSPS) is 17.9. The minimum absolute atomic E-state index is 0.0133. The van der Waals surface area contributed by atoms with Gasteiger partial charge in [-0.25, -0.2) is 4.79 Å². The smallest absolute Gasteiger partial charge is 0.332 e. The molecule has 0 saturated carbocycles. The van der Waals surface area contributed by atoms with Gasteiger partial charge in [-0.15, -0.1) is 0 Å². The first kappa shape index (κ1) is 34.9. The maximum Gasteiger partial charge on any atom is 0.332 e. The number of allylic oxidation sites excluding steroid dienone is 2. The van der Waals surface area contributed by atoms with Gasteiger partial charge in [-0.05, 0) is 54.5 Å². The predicted octanol–water partition coefficient (Wildman–Crippen LogP) is 4.19. The van der Waals surface area contributed by atoms with Gasteiger partial charge in [0.25, 0.3) is 0 Å². The highest BCUT2D eigenvalue weighted by Gasteiger charge is 2.29. The summed E-state index contributed by atoms with van der Waals surface area (Å²) in [5.41, 5.74) is 2.72. The zero-order chi connectivity index (χ0) is 33.3. The number of nitrogens with one attached hydrogen (secondary N) is 2. The molecule has 4 rings (SSSR count). The number of carbonyl (C=O) groups excluding carboxylic acids is 4. The molecule has 1 aliphatic rings. The molecule has 3 aromatic carbocycles. The molecular formula is C37H42N2O8. The second-order valence-corrected chi connectivity index (χ2v) is 11.4. The summed E-state index contributed by atoms with van der Waals surface area (Å²) in [5.74, 6) is -2.30. The molecule has 0 spiro atoms. The van der Waals surface area contributed by atoms with Gasteiger partial charge in [-0.2, -0.15) is 0 Å². The number of rotatable bonds is 12. The van der Waals surface area contributed by atoms with E-state index in [1.807, 2.05) is 78.9 Å². The molecule has 3 unspecified atom stereocenters. The van der Waals surface area contributed by atoms with Crippen LogP contribution in [0.3, 0.4) is 0 Å². The number of ether oxygens (including phenoxy) is 3. The van der Waals surface area contributed by atoms with Crippen LogP contribution in [-0.4, -0.2) is 54.2 Å². The molecule has 0 radical (unpaired) electrons. The molecule has 1 heterocycles. The highest BCUT2D eigenvalue weighted by atomic mass is 16.6. The van der Waals surface area contributed by atoms with Gasteiger partial charge < -0.3 is 30.0 Å². The monoisotopic (exact) mass is 642 g/mol. The second-order valence-electron chi connectivity index (χ2n) is 11.4. The molecule has 2 amide bonds. The van der Waals surface area contributed by atoms with Gasteiger partial charge in [0.2, 0.25) is 11.8 Å². The third-order valence-corrected chi connectivity index (χ3v) is 7.62. The van der Waals surface area contributed by atoms with Crippen molar-refractivity contribution in [3.8, 4) is 5.75 Å². The molecule has 3 N–H and O–H groups in total. The molecule has 248 valence electrons. The Morgan fingerprint density at radius 2 is 1.57 bits per heavy atom. The van der Waals surface area contributed by atoms with Crippen molar-refractivity contribution in [1.29, 1.82) is 0 Å². The summed E-state index contributed by atoms with van der Waals surface area (Å²) >= 11 is 0. The predicted molar refractivity (Wildman–Crippen MR) is 175 cm³/mol. The maximum atomic E-state index is 13.4. The van der Waals surface area contributed by atoms with E-state index < -0.39 is 41.8 Å². The summed E-state index contributed by atoms with van der Waals surface area (Å²) in [4.78, 5) is 51.7. The van der Waals surface area contributed by atoms with Gasteiger partial charge in [0.05, 0.1) is 18.6 Å². The molecule has 0 aromatic heterocycles. The average Bonchev–Trinajstić information content (AvgIpc) is 3.11. The van der Waals surface area contributed by atoms with Crippen molar-refractivity contribution in [2.24, 2.45) is 5.92 Å². The number of esters is 2. The van der Waals surface area contributed by atoms with E-state index in [4.69, 9.17) is 14.2 Å². The first-order valence-electron chi connectivity index (χ1n) is 15.9. The number of carbonyl (C=O) groups is 4. The summed E-state index contributed by atoms with van der Waals surface area (Å²) in [6.07, 6.45) is 5.41. The minimum atomic E-state index is -1.24. The Morgan fingerprint density at radius 3 is 2.26 bits per heavy atom. The Kier molecular flexibility index (Phi) is 14.0. The summed E-state index contributed by atoms with van der Waals surface area (Å²) in [5, 5.41) is 15.5. The number of amides is 2. The van der Waals surface area contributed by atoms with Crippen LogP contribution >= 0.6 is 0 Å². The molecule has 0 saturated heterocycles. The molecule has 47 heavy (non-hydrogen) atoms. The van der Waals surface area contributed by atoms with E-state index in [1.54, 1.807) is 18.2 Å². The molecule has 10 heteroatoms. The van der Waals surface area contributed by atoms with E-state index in [0.29, 0.717) is 31.6 Å². The fourth-order valence-electron chi connectivity index (χ4n) is 4.98. The SMILES string of the molecule is O=C(CC1CC=CCCCC(=O)OCC(C(=O)OCc2ccccc2)NC1=O)NC(CO)Cc1ccc(OCc2ccccc2)cc1. The van der Waals surface area contributed by atoms with Crippen molar-refractivity contribution in [2.45, 2.75) is 63.8 Å². The van der Waals surface area contributed by atoms with E-state index in [9.17, 15) is 24.3 Å². The molecule has 0 bridgehead atoms. The van der Waals surface area contributed by atoms with E-state index in [0.717, 1.165) is 16.7 Å². The zero-order valence-corrected chi connectivity index (χ0v) is 26.3. The zero-order valence-electron chi connectivity index (χ0n) is 26.3. The molecule has 0 aliphatic carbocycles. The van der Waals surface area contributed by atoms with Gasteiger partial charge >= 0.3 is 11.9 Å².